The Morgan fingerprint density at radius 3 is 2.53 bits per heavy atom. The average Bonchev–Trinajstić information content (AvgIpc) is 3.27. The van der Waals surface area contributed by atoms with E-state index >= 15 is 0 Å². The van der Waals surface area contributed by atoms with Crippen LogP contribution in [0.25, 0.3) is 10.8 Å². The molecule has 0 aliphatic carbocycles. The second-order valence-corrected chi connectivity index (χ2v) is 8.44. The standard InChI is InChI=1S/C24H22N4O6/c1-26(2)6-7-27-23(29)17-5-3-4-14-8-16(10-18(22(14)17)24(27)30)25-12-15-9-20-21(34-13-33-20)11-19(15)28(31)32/h3-5,8-11,25H,6-7,12-13H2,1-2H3. The Balaban J connectivity index is 1.49. The Kier molecular flexibility index (Phi) is 5.29. The van der Waals surface area contributed by atoms with Gasteiger partial charge in [-0.1, -0.05) is 12.1 Å². The first kappa shape index (κ1) is 21.7. The summed E-state index contributed by atoms with van der Waals surface area (Å²) >= 11 is 0. The first-order chi connectivity index (χ1) is 16.3. The molecule has 3 aromatic rings. The summed E-state index contributed by atoms with van der Waals surface area (Å²) in [7, 11) is 3.76. The molecule has 2 aliphatic rings. The monoisotopic (exact) mass is 462 g/mol. The number of amides is 2. The Labute approximate surface area is 194 Å². The first-order valence-corrected chi connectivity index (χ1v) is 10.7. The van der Waals surface area contributed by atoms with Crippen molar-refractivity contribution < 1.29 is 24.0 Å². The van der Waals surface area contributed by atoms with Gasteiger partial charge in [0.2, 0.25) is 6.79 Å². The zero-order valence-corrected chi connectivity index (χ0v) is 18.7. The zero-order valence-electron chi connectivity index (χ0n) is 18.7. The summed E-state index contributed by atoms with van der Waals surface area (Å²) in [5, 5.41) is 16.1. The summed E-state index contributed by atoms with van der Waals surface area (Å²) in [6, 6.07) is 11.8. The summed E-state index contributed by atoms with van der Waals surface area (Å²) in [6.45, 7) is 0.982. The minimum absolute atomic E-state index is 0.0187. The fraction of sp³-hybridized carbons (Fsp3) is 0.250. The molecule has 0 saturated heterocycles. The summed E-state index contributed by atoms with van der Waals surface area (Å²) in [4.78, 5) is 40.5. The van der Waals surface area contributed by atoms with E-state index in [1.165, 1.54) is 11.0 Å². The van der Waals surface area contributed by atoms with Crippen LogP contribution >= 0.6 is 0 Å². The molecule has 2 aliphatic heterocycles. The van der Waals surface area contributed by atoms with E-state index in [2.05, 4.69) is 5.32 Å². The zero-order chi connectivity index (χ0) is 24.0. The fourth-order valence-electron chi connectivity index (χ4n) is 4.25. The van der Waals surface area contributed by atoms with Gasteiger partial charge in [-0.05, 0) is 43.7 Å². The lowest BCUT2D eigenvalue weighted by atomic mass is 9.93. The van der Waals surface area contributed by atoms with E-state index in [1.54, 1.807) is 24.3 Å². The van der Waals surface area contributed by atoms with Gasteiger partial charge in [0.1, 0.15) is 0 Å². The van der Waals surface area contributed by atoms with Gasteiger partial charge in [0.25, 0.3) is 17.5 Å². The van der Waals surface area contributed by atoms with Gasteiger partial charge in [-0.3, -0.25) is 24.6 Å². The molecule has 0 radical (unpaired) electrons. The second-order valence-electron chi connectivity index (χ2n) is 8.44. The van der Waals surface area contributed by atoms with Crippen LogP contribution in [0.1, 0.15) is 26.3 Å². The van der Waals surface area contributed by atoms with Crippen LogP contribution in [0.2, 0.25) is 0 Å². The van der Waals surface area contributed by atoms with Crippen molar-refractivity contribution in [1.29, 1.82) is 0 Å². The van der Waals surface area contributed by atoms with Gasteiger partial charge in [0.05, 0.1) is 22.1 Å². The Morgan fingerprint density at radius 1 is 1.06 bits per heavy atom. The molecule has 3 aromatic carbocycles. The first-order valence-electron chi connectivity index (χ1n) is 10.7. The molecule has 0 unspecified atom stereocenters. The van der Waals surface area contributed by atoms with Crippen LogP contribution in [0, 0.1) is 10.1 Å². The number of ether oxygens (including phenoxy) is 2. The van der Waals surface area contributed by atoms with E-state index in [9.17, 15) is 19.7 Å². The molecular weight excluding hydrogens is 440 g/mol. The molecule has 0 bridgehead atoms. The average molecular weight is 462 g/mol. The van der Waals surface area contributed by atoms with E-state index in [1.807, 2.05) is 31.1 Å². The third kappa shape index (κ3) is 3.67. The molecule has 10 nitrogen and oxygen atoms in total. The summed E-state index contributed by atoms with van der Waals surface area (Å²) in [6.07, 6.45) is 0. The normalized spacial score (nSPS) is 14.3. The van der Waals surface area contributed by atoms with Crippen LogP contribution in [0.3, 0.4) is 0 Å². The van der Waals surface area contributed by atoms with Crippen molar-refractivity contribution in [1.82, 2.24) is 9.80 Å². The number of hydrogen-bond acceptors (Lipinski definition) is 8. The predicted octanol–water partition coefficient (Wildman–Crippen LogP) is 3.25. The number of likely N-dealkylation sites (N-methyl/N-ethyl adjacent to an activating group) is 1. The maximum Gasteiger partial charge on any atom is 0.278 e. The highest BCUT2D eigenvalue weighted by Gasteiger charge is 2.33. The molecule has 34 heavy (non-hydrogen) atoms. The molecule has 1 N–H and O–H groups in total. The van der Waals surface area contributed by atoms with Crippen LogP contribution in [0.15, 0.2) is 42.5 Å². The predicted molar refractivity (Wildman–Crippen MR) is 124 cm³/mol. The van der Waals surface area contributed by atoms with Crippen LogP contribution in [-0.4, -0.2) is 60.5 Å². The Hall–Kier alpha value is -4.18. The summed E-state index contributed by atoms with van der Waals surface area (Å²) < 4.78 is 10.6. The number of nitrogens with one attached hydrogen (secondary N) is 1. The van der Waals surface area contributed by atoms with E-state index in [0.29, 0.717) is 45.8 Å². The van der Waals surface area contributed by atoms with Crippen molar-refractivity contribution in [3.05, 3.63) is 69.3 Å². The minimum atomic E-state index is -0.465. The Bertz CT molecular complexity index is 1350. The van der Waals surface area contributed by atoms with E-state index in [0.717, 1.165) is 5.39 Å². The molecule has 10 heteroatoms. The maximum absolute atomic E-state index is 13.3. The van der Waals surface area contributed by atoms with Gasteiger partial charge in [-0.25, -0.2) is 0 Å². The van der Waals surface area contributed by atoms with Crippen molar-refractivity contribution in [3.8, 4) is 11.5 Å². The van der Waals surface area contributed by atoms with Crippen molar-refractivity contribution in [2.75, 3.05) is 39.3 Å². The fourth-order valence-corrected chi connectivity index (χ4v) is 4.25. The number of anilines is 1. The lowest BCUT2D eigenvalue weighted by Crippen LogP contribution is -2.43. The van der Waals surface area contributed by atoms with Crippen molar-refractivity contribution in [2.45, 2.75) is 6.54 Å². The number of imide groups is 1. The third-order valence-corrected chi connectivity index (χ3v) is 5.95. The summed E-state index contributed by atoms with van der Waals surface area (Å²) in [5.74, 6) is 0.131. The Morgan fingerprint density at radius 2 is 1.79 bits per heavy atom. The van der Waals surface area contributed by atoms with Crippen LogP contribution in [0.4, 0.5) is 11.4 Å². The number of fused-ring (bicyclic) bond motifs is 1. The van der Waals surface area contributed by atoms with Crippen LogP contribution < -0.4 is 14.8 Å². The number of nitro groups is 1. The van der Waals surface area contributed by atoms with E-state index in [4.69, 9.17) is 9.47 Å². The molecule has 0 aromatic heterocycles. The molecule has 0 saturated carbocycles. The third-order valence-electron chi connectivity index (χ3n) is 5.95. The van der Waals surface area contributed by atoms with E-state index < -0.39 is 4.92 Å². The van der Waals surface area contributed by atoms with Gasteiger partial charge < -0.3 is 19.7 Å². The minimum Gasteiger partial charge on any atom is -0.454 e. The number of carbonyl (C=O) groups excluding carboxylic acids is 2. The molecular formula is C24H22N4O6. The van der Waals surface area contributed by atoms with Gasteiger partial charge in [-0.2, -0.15) is 0 Å². The molecule has 0 fully saturated rings. The lowest BCUT2D eigenvalue weighted by molar-refractivity contribution is -0.385. The second kappa shape index (κ2) is 8.31. The largest absolute Gasteiger partial charge is 0.454 e. The van der Waals surface area contributed by atoms with Crippen LogP contribution in [0.5, 0.6) is 11.5 Å². The molecule has 2 amide bonds. The highest BCUT2D eigenvalue weighted by Crippen LogP contribution is 2.38. The van der Waals surface area contributed by atoms with Gasteiger partial charge in [-0.15, -0.1) is 0 Å². The highest BCUT2D eigenvalue weighted by atomic mass is 16.7. The molecule has 5 rings (SSSR count). The highest BCUT2D eigenvalue weighted by molar-refractivity contribution is 6.26. The number of rotatable bonds is 7. The smallest absolute Gasteiger partial charge is 0.278 e. The number of nitro benzene ring substituents is 1. The topological polar surface area (TPSA) is 114 Å². The van der Waals surface area contributed by atoms with Crippen molar-refractivity contribution >= 4 is 34.0 Å². The lowest BCUT2D eigenvalue weighted by Gasteiger charge is -2.28. The quantitative estimate of drug-likeness (QED) is 0.323. The van der Waals surface area contributed by atoms with Crippen molar-refractivity contribution in [2.24, 2.45) is 0 Å². The van der Waals surface area contributed by atoms with E-state index in [-0.39, 0.29) is 37.4 Å². The number of nitrogens with zero attached hydrogens (tertiary/aromatic N) is 3. The maximum atomic E-state index is 13.3. The molecule has 0 spiro atoms. The summed E-state index contributed by atoms with van der Waals surface area (Å²) in [5.41, 5.74) is 1.86. The number of hydrogen-bond donors (Lipinski definition) is 1. The molecule has 0 atom stereocenters. The molecule has 2 heterocycles. The van der Waals surface area contributed by atoms with Gasteiger partial charge >= 0.3 is 0 Å². The SMILES string of the molecule is CN(C)CCN1C(=O)c2cccc3cc(NCc4cc5c(cc4[N+](=O)[O-])OCO5)cc(c23)C1=O. The van der Waals surface area contributed by atoms with Crippen LogP contribution in [-0.2, 0) is 6.54 Å². The number of benzene rings is 3. The van der Waals surface area contributed by atoms with Crippen molar-refractivity contribution in [3.63, 3.8) is 0 Å². The number of carbonyl (C=O) groups is 2. The van der Waals surface area contributed by atoms with Gasteiger partial charge in [0.15, 0.2) is 11.5 Å². The van der Waals surface area contributed by atoms with Gasteiger partial charge in [0, 0.05) is 36.3 Å². The molecule has 174 valence electrons.